The zero-order valence-corrected chi connectivity index (χ0v) is 38.0. The molecule has 25 heteroatoms. The average Bonchev–Trinajstić information content (AvgIpc) is 3.78. The van der Waals surface area contributed by atoms with Gasteiger partial charge in [-0.1, -0.05) is 36.6 Å². The highest BCUT2D eigenvalue weighted by Gasteiger charge is 2.58. The molecule has 2 N–H and O–H groups in total. The van der Waals surface area contributed by atoms with Crippen molar-refractivity contribution in [3.63, 3.8) is 0 Å². The van der Waals surface area contributed by atoms with Gasteiger partial charge in [-0.25, -0.2) is 30.6 Å². The third-order valence-corrected chi connectivity index (χ3v) is 13.8. The van der Waals surface area contributed by atoms with Gasteiger partial charge in [0, 0.05) is 40.8 Å². The molecule has 1 aliphatic carbocycles. The summed E-state index contributed by atoms with van der Waals surface area (Å²) >= 11 is 6.48. The standard InChI is InChI=1S/C42H38ClF10N7O5S2/c1-7-27-21(2)41(49,50)37-32(27)36(42(51,52)53)56-59(37)19-26(61)18-54-31(16-22-14-23(44)17-24(45)15-22)34-28(9-8-25(55-34)12-13-39(3,4)66(5,62)63)29-10-11-30(43)33-35(29)60(20-40(46,47)48)57-38(33)58-67(6,64)65/h7-11,14-15,17,21,27,31,54H,1,16,18-20H2,2-6H3,(H,57,58)/t21-,27+,31+/m1/s1. The number of benzene rings is 2. The normalized spacial score (nSPS) is 17.0. The maximum absolute atomic E-state index is 15.7. The molecule has 0 bridgehead atoms. The van der Waals surface area contributed by atoms with Crippen LogP contribution in [0.4, 0.5) is 49.7 Å². The average molecular weight is 1010 g/mol. The van der Waals surface area contributed by atoms with E-state index in [1.807, 2.05) is 4.72 Å². The first-order chi connectivity index (χ1) is 30.7. The number of nitrogens with zero attached hydrogens (tertiary/aromatic N) is 5. The Morgan fingerprint density at radius 1 is 0.970 bits per heavy atom. The van der Waals surface area contributed by atoms with Crippen molar-refractivity contribution >= 4 is 54.0 Å². The van der Waals surface area contributed by atoms with Gasteiger partial charge >= 0.3 is 12.4 Å². The highest BCUT2D eigenvalue weighted by molar-refractivity contribution is 7.92. The SMILES string of the molecule is C=C[C@@H]1c2c(C(F)(F)F)nn(CC(=O)CN[C@@H](Cc3cc(F)cc(F)c3)c3nc(C#CC(C)(C)S(C)(=O)=O)ccc3-c3ccc(Cl)c4c(NS(C)(=O)=O)nn(CC(F)(F)F)c34)c2C(F)(F)[C@@H]1C. The van der Waals surface area contributed by atoms with Crippen LogP contribution in [0.15, 0.2) is 55.1 Å². The zero-order valence-electron chi connectivity index (χ0n) is 35.6. The van der Waals surface area contributed by atoms with Crippen molar-refractivity contribution in [3.05, 3.63) is 106 Å². The Morgan fingerprint density at radius 2 is 1.60 bits per heavy atom. The number of sulfone groups is 1. The molecule has 0 saturated heterocycles. The number of pyridine rings is 1. The Morgan fingerprint density at radius 3 is 2.16 bits per heavy atom. The molecule has 12 nitrogen and oxygen atoms in total. The lowest BCUT2D eigenvalue weighted by Gasteiger charge is -2.23. The van der Waals surface area contributed by atoms with Crippen molar-refractivity contribution in [2.45, 2.75) is 75.3 Å². The number of ketones is 1. The van der Waals surface area contributed by atoms with Gasteiger partial charge in [0.25, 0.3) is 5.92 Å². The van der Waals surface area contributed by atoms with Gasteiger partial charge in [-0.3, -0.25) is 18.9 Å². The number of hydrogen-bond acceptors (Lipinski definition) is 9. The molecule has 0 fully saturated rings. The maximum Gasteiger partial charge on any atom is 0.435 e. The Bertz CT molecular complexity index is 3080. The molecular weight excluding hydrogens is 972 g/mol. The number of anilines is 1. The molecule has 5 aromatic rings. The van der Waals surface area contributed by atoms with Crippen molar-refractivity contribution in [1.82, 2.24) is 29.9 Å². The smallest absolute Gasteiger partial charge is 0.301 e. The van der Waals surface area contributed by atoms with Crippen molar-refractivity contribution in [2.75, 3.05) is 23.8 Å². The van der Waals surface area contributed by atoms with Gasteiger partial charge < -0.3 is 5.32 Å². The van der Waals surface area contributed by atoms with E-state index in [9.17, 15) is 56.8 Å². The molecule has 1 aliphatic rings. The highest BCUT2D eigenvalue weighted by Crippen LogP contribution is 2.56. The van der Waals surface area contributed by atoms with Gasteiger partial charge in [0.1, 0.15) is 40.9 Å². The van der Waals surface area contributed by atoms with Gasteiger partial charge in [0.15, 0.2) is 27.1 Å². The summed E-state index contributed by atoms with van der Waals surface area (Å²) in [5, 5.41) is 9.45. The van der Waals surface area contributed by atoms with Gasteiger partial charge in [-0.05, 0) is 62.1 Å². The Balaban J connectivity index is 1.56. The second-order valence-corrected chi connectivity index (χ2v) is 21.1. The van der Waals surface area contributed by atoms with E-state index in [1.54, 1.807) is 0 Å². The second kappa shape index (κ2) is 17.9. The lowest BCUT2D eigenvalue weighted by atomic mass is 9.92. The molecular formula is C42H38ClF10N7O5S2. The quantitative estimate of drug-likeness (QED) is 0.0633. The molecule has 0 spiro atoms. The lowest BCUT2D eigenvalue weighted by Crippen LogP contribution is -2.33. The van der Waals surface area contributed by atoms with E-state index in [-0.39, 0.29) is 43.2 Å². The molecule has 6 rings (SSSR count). The van der Waals surface area contributed by atoms with E-state index >= 15 is 8.78 Å². The molecule has 0 aliphatic heterocycles. The van der Waals surface area contributed by atoms with E-state index in [0.29, 0.717) is 17.0 Å². The third kappa shape index (κ3) is 10.8. The zero-order chi connectivity index (χ0) is 50.0. The lowest BCUT2D eigenvalue weighted by molar-refractivity contribution is -0.143. The van der Waals surface area contributed by atoms with E-state index in [4.69, 9.17) is 11.6 Å². The van der Waals surface area contributed by atoms with Crippen LogP contribution < -0.4 is 10.0 Å². The monoisotopic (exact) mass is 1010 g/mol. The van der Waals surface area contributed by atoms with Crippen LogP contribution in [0.5, 0.6) is 0 Å². The minimum absolute atomic E-state index is 0.114. The van der Waals surface area contributed by atoms with Crippen LogP contribution in [-0.4, -0.2) is 77.1 Å². The maximum atomic E-state index is 15.7. The molecule has 0 unspecified atom stereocenters. The minimum atomic E-state index is -5.22. The van der Waals surface area contributed by atoms with Crippen LogP contribution in [0, 0.1) is 29.4 Å². The summed E-state index contributed by atoms with van der Waals surface area (Å²) in [6.07, 6.45) is -8.16. The van der Waals surface area contributed by atoms with E-state index < -0.39 is 133 Å². The topological polar surface area (TPSA) is 158 Å². The fourth-order valence-corrected chi connectivity index (χ4v) is 8.52. The van der Waals surface area contributed by atoms with Gasteiger partial charge in [-0.15, -0.1) is 6.58 Å². The van der Waals surface area contributed by atoms with E-state index in [0.717, 1.165) is 31.4 Å². The largest absolute Gasteiger partial charge is 0.435 e. The Labute approximate surface area is 381 Å². The first-order valence-electron chi connectivity index (χ1n) is 19.6. The molecule has 0 radical (unpaired) electrons. The number of carbonyl (C=O) groups is 1. The van der Waals surface area contributed by atoms with Crippen molar-refractivity contribution in [3.8, 4) is 23.0 Å². The number of aromatic nitrogens is 5. The molecule has 3 atom stereocenters. The van der Waals surface area contributed by atoms with Gasteiger partial charge in [0.05, 0.1) is 40.5 Å². The summed E-state index contributed by atoms with van der Waals surface area (Å²) in [7, 11) is -8.03. The summed E-state index contributed by atoms with van der Waals surface area (Å²) < 4.78 is 197. The number of carbonyl (C=O) groups excluding carboxylic acids is 1. The van der Waals surface area contributed by atoms with Crippen LogP contribution >= 0.6 is 11.6 Å². The number of hydrogen-bond donors (Lipinski definition) is 2. The number of Topliss-reactive ketones (excluding diaryl/α,β-unsaturated/α-hetero) is 1. The molecule has 0 amide bonds. The summed E-state index contributed by atoms with van der Waals surface area (Å²) in [6, 6.07) is 5.77. The van der Waals surface area contributed by atoms with Crippen molar-refractivity contribution in [2.24, 2.45) is 5.92 Å². The number of rotatable bonds is 14. The molecule has 0 saturated carbocycles. The third-order valence-electron chi connectivity index (χ3n) is 10.9. The number of halogens is 11. The Hall–Kier alpha value is -5.51. The molecule has 67 heavy (non-hydrogen) atoms. The van der Waals surface area contributed by atoms with Gasteiger partial charge in [0.2, 0.25) is 10.0 Å². The molecule has 360 valence electrons. The predicted octanol–water partition coefficient (Wildman–Crippen LogP) is 8.51. The summed E-state index contributed by atoms with van der Waals surface area (Å²) in [6.45, 7) is 3.14. The highest BCUT2D eigenvalue weighted by atomic mass is 35.5. The Kier molecular flexibility index (Phi) is 13.6. The van der Waals surface area contributed by atoms with Crippen LogP contribution in [0.2, 0.25) is 5.02 Å². The number of alkyl halides is 8. The number of nitrogens with one attached hydrogen (secondary N) is 2. The number of allylic oxidation sites excluding steroid dienone is 1. The van der Waals surface area contributed by atoms with Crippen LogP contribution in [-0.2, 0) is 56.3 Å². The fraction of sp³-hybridized carbons (Fsp3) is 0.381. The van der Waals surface area contributed by atoms with Crippen LogP contribution in [0.3, 0.4) is 0 Å². The molecule has 3 heterocycles. The first kappa shape index (κ1) is 50.9. The number of fused-ring (bicyclic) bond motifs is 2. The van der Waals surface area contributed by atoms with E-state index in [2.05, 4.69) is 38.9 Å². The summed E-state index contributed by atoms with van der Waals surface area (Å²) in [5.41, 5.74) is -4.91. The van der Waals surface area contributed by atoms with Crippen LogP contribution in [0.25, 0.3) is 22.0 Å². The van der Waals surface area contributed by atoms with Crippen molar-refractivity contribution in [1.29, 1.82) is 0 Å². The van der Waals surface area contributed by atoms with Crippen LogP contribution in [0.1, 0.15) is 66.6 Å². The fourth-order valence-electron chi connectivity index (χ4n) is 7.54. The molecule has 3 aromatic heterocycles. The summed E-state index contributed by atoms with van der Waals surface area (Å²) in [4.78, 5) is 18.4. The first-order valence-corrected chi connectivity index (χ1v) is 23.7. The van der Waals surface area contributed by atoms with E-state index in [1.165, 1.54) is 38.1 Å². The number of sulfonamides is 1. The predicted molar refractivity (Wildman–Crippen MR) is 227 cm³/mol. The summed E-state index contributed by atoms with van der Waals surface area (Å²) in [5.74, 6) is -5.71. The second-order valence-electron chi connectivity index (χ2n) is 16.4. The minimum Gasteiger partial charge on any atom is -0.301 e. The van der Waals surface area contributed by atoms with Crippen molar-refractivity contribution < 1.29 is 65.5 Å². The molecule has 2 aromatic carbocycles. The van der Waals surface area contributed by atoms with Gasteiger partial charge in [-0.2, -0.15) is 45.3 Å².